The third-order valence-electron chi connectivity index (χ3n) is 10.2. The van der Waals surface area contributed by atoms with Crippen LogP contribution in [-0.2, 0) is 23.4 Å². The number of carbonyl (C=O) groups excluding carboxylic acids is 2. The number of rotatable bonds is 17. The van der Waals surface area contributed by atoms with Crippen LogP contribution >= 0.6 is 15.6 Å². The van der Waals surface area contributed by atoms with E-state index in [1.54, 1.807) is 60.5 Å². The van der Waals surface area contributed by atoms with Crippen LogP contribution in [0.4, 0.5) is 4.79 Å². The van der Waals surface area contributed by atoms with Crippen molar-refractivity contribution in [2.45, 2.75) is 29.9 Å². The molecule has 0 spiro atoms. The number of aliphatic hydroxyl groups is 1. The first-order valence-electron chi connectivity index (χ1n) is 17.9. The summed E-state index contributed by atoms with van der Waals surface area (Å²) in [6.07, 6.45) is -0.530. The smallest absolute Gasteiger partial charge is 0.494 e. The Kier molecular flexibility index (Phi) is 13.1. The van der Waals surface area contributed by atoms with Crippen molar-refractivity contribution in [2.75, 3.05) is 61.5 Å². The van der Waals surface area contributed by atoms with E-state index in [4.69, 9.17) is 37.9 Å². The second kappa shape index (κ2) is 17.9. The summed E-state index contributed by atoms with van der Waals surface area (Å²) in [6.45, 7) is 0.597. The van der Waals surface area contributed by atoms with Gasteiger partial charge in [0.25, 0.3) is 0 Å². The van der Waals surface area contributed by atoms with Crippen LogP contribution in [0.5, 0.6) is 34.5 Å². The van der Waals surface area contributed by atoms with Crippen molar-refractivity contribution in [1.29, 1.82) is 0 Å². The fourth-order valence-corrected chi connectivity index (χ4v) is 8.83. The summed E-state index contributed by atoms with van der Waals surface area (Å²) < 4.78 is 68.5. The minimum atomic E-state index is -5.24. The molecule has 0 aromatic heterocycles. The summed E-state index contributed by atoms with van der Waals surface area (Å²) in [7, 11) is -2.64. The predicted molar refractivity (Wildman–Crippen MR) is 204 cm³/mol. The number of nitrogens with zero attached hydrogens (tertiary/aromatic N) is 2. The number of benzene rings is 3. The highest BCUT2D eigenvalue weighted by Gasteiger charge is 2.62. The molecule has 19 nitrogen and oxygen atoms in total. The lowest BCUT2D eigenvalue weighted by Crippen LogP contribution is -2.37. The van der Waals surface area contributed by atoms with Crippen LogP contribution in [0.25, 0.3) is 0 Å². The van der Waals surface area contributed by atoms with Crippen LogP contribution in [0, 0.1) is 11.8 Å². The summed E-state index contributed by atoms with van der Waals surface area (Å²) in [4.78, 5) is 56.3. The van der Waals surface area contributed by atoms with Crippen molar-refractivity contribution < 1.29 is 76.4 Å². The number of hydrogen-bond donors (Lipinski definition) is 5. The second-order valence-corrected chi connectivity index (χ2v) is 17.2. The van der Waals surface area contributed by atoms with Gasteiger partial charge in [-0.15, -0.1) is 0 Å². The highest BCUT2D eigenvalue weighted by atomic mass is 31.2. The highest BCUT2D eigenvalue weighted by Crippen LogP contribution is 2.61. The molecule has 5 N–H and O–H groups in total. The summed E-state index contributed by atoms with van der Waals surface area (Å²) >= 11 is 0. The average Bonchev–Trinajstić information content (AvgIpc) is 3.82. The average molecular weight is 849 g/mol. The maximum atomic E-state index is 13.5. The number of esters is 1. The molecule has 0 saturated carbocycles. The highest BCUT2D eigenvalue weighted by molar-refractivity contribution is 7.66. The minimum Gasteiger partial charge on any atom is -0.494 e. The third-order valence-corrected chi connectivity index (χ3v) is 13.5. The van der Waals surface area contributed by atoms with E-state index in [0.717, 1.165) is 0 Å². The van der Waals surface area contributed by atoms with E-state index in [0.29, 0.717) is 69.7 Å². The molecule has 6 atom stereocenters. The van der Waals surface area contributed by atoms with E-state index in [-0.39, 0.29) is 26.6 Å². The topological polar surface area (TPSA) is 251 Å². The monoisotopic (exact) mass is 848 g/mol. The van der Waals surface area contributed by atoms with Crippen molar-refractivity contribution in [2.24, 2.45) is 16.9 Å². The molecule has 3 aliphatic rings. The van der Waals surface area contributed by atoms with Gasteiger partial charge in [-0.2, -0.15) is 9.99 Å². The Morgan fingerprint density at radius 3 is 2.36 bits per heavy atom. The number of carbonyl (C=O) groups is 2. The molecular weight excluding hydrogens is 804 g/mol. The quantitative estimate of drug-likeness (QED) is 0.0426. The third kappa shape index (κ3) is 8.85. The molecule has 1 saturated heterocycles. The summed E-state index contributed by atoms with van der Waals surface area (Å²) in [5.74, 6) is 0.246. The molecule has 2 aliphatic heterocycles. The molecule has 58 heavy (non-hydrogen) atoms. The van der Waals surface area contributed by atoms with Gasteiger partial charge >= 0.3 is 32.8 Å². The lowest BCUT2D eigenvalue weighted by molar-refractivity contribution is -0.141. The van der Waals surface area contributed by atoms with E-state index >= 15 is 0 Å². The zero-order valence-corrected chi connectivity index (χ0v) is 33.7. The van der Waals surface area contributed by atoms with E-state index in [2.05, 4.69) is 10.5 Å². The van der Waals surface area contributed by atoms with E-state index < -0.39 is 63.0 Å². The molecule has 3 aromatic carbocycles. The molecule has 2 unspecified atom stereocenters. The zero-order chi connectivity index (χ0) is 41.8. The Labute approximate surface area is 333 Å². The summed E-state index contributed by atoms with van der Waals surface area (Å²) in [5.41, 5.74) is 4.93. The van der Waals surface area contributed by atoms with Crippen LogP contribution < -0.4 is 33.8 Å². The molecule has 21 heteroatoms. The van der Waals surface area contributed by atoms with Gasteiger partial charge in [0.2, 0.25) is 12.5 Å². The van der Waals surface area contributed by atoms with Crippen molar-refractivity contribution >= 4 is 33.9 Å². The first-order chi connectivity index (χ1) is 27.7. The number of methoxy groups -OCH3 is 3. The number of ether oxygens (including phenoxy) is 8. The number of hydrazone groups is 1. The maximum absolute atomic E-state index is 13.5. The molecule has 0 bridgehead atoms. The molecule has 1 aliphatic carbocycles. The molecule has 6 rings (SSSR count). The van der Waals surface area contributed by atoms with Crippen molar-refractivity contribution in [1.82, 2.24) is 10.3 Å². The van der Waals surface area contributed by atoms with Gasteiger partial charge in [-0.25, -0.2) is 10.2 Å². The predicted octanol–water partition coefficient (Wildman–Crippen LogP) is 3.83. The van der Waals surface area contributed by atoms with Crippen LogP contribution in [0.1, 0.15) is 47.1 Å². The first kappa shape index (κ1) is 42.6. The summed E-state index contributed by atoms with van der Waals surface area (Å²) in [5, 5.41) is 11.1. The second-order valence-electron chi connectivity index (χ2n) is 13.7. The standard InChI is InChI=1S/C37H43N3O16P2/c1-40(11-9-37(43,57(44)45)58(46,47)48)10-6-12-52-23-8-5-7-21(13-23)18-38-39-36(42)56-33-25-17-28-27(54-20-55-28)16-24(25)31(32-26(33)19-53-35(32)41)22-14-29(49-2)34(51-4)30(15-22)50-3/h5,7-8,13-18,26,31-33,43H,6,9-12,19-20H2,1-4H3,(H3-,39,42,44,45,46,47,48)/p+1/b38-18+/t26-,31+,32-,33-,37?/m0/s1. The van der Waals surface area contributed by atoms with Gasteiger partial charge in [-0.3, -0.25) is 9.36 Å². The van der Waals surface area contributed by atoms with Gasteiger partial charge in [0.05, 0.1) is 53.1 Å². The Bertz CT molecular complexity index is 2090. The number of amides is 1. The molecular formula is C37H44N3O16P2+. The van der Waals surface area contributed by atoms with Gasteiger partial charge in [0, 0.05) is 30.5 Å². The Hall–Kier alpha value is -5.00. The molecule has 2 heterocycles. The number of cyclic esters (lactones) is 1. The molecule has 312 valence electrons. The van der Waals surface area contributed by atoms with Gasteiger partial charge < -0.3 is 57.7 Å². The molecule has 3 aromatic rings. The van der Waals surface area contributed by atoms with E-state index in [9.17, 15) is 38.5 Å². The molecule has 0 radical (unpaired) electrons. The normalized spacial score (nSPS) is 20.8. The minimum absolute atomic E-state index is 0.000508. The first-order valence-corrected chi connectivity index (χ1v) is 20.8. The lowest BCUT2D eigenvalue weighted by atomic mass is 9.66. The Morgan fingerprint density at radius 1 is 1.03 bits per heavy atom. The summed E-state index contributed by atoms with van der Waals surface area (Å²) in [6, 6.07) is 14.0. The largest absolute Gasteiger partial charge is 0.554 e. The fourth-order valence-electron chi connectivity index (χ4n) is 7.26. The van der Waals surface area contributed by atoms with Gasteiger partial charge in [-0.1, -0.05) is 12.1 Å². The number of nitrogens with one attached hydrogen (secondary N) is 1. The van der Waals surface area contributed by atoms with Crippen LogP contribution in [-0.4, -0.2) is 110 Å². The zero-order valence-electron chi connectivity index (χ0n) is 31.9. The number of hydrogen-bond acceptors (Lipinski definition) is 15. The SMILES string of the molecule is COc1cc([C@@H]2c3cc4c(cc3[C@H](OC(=O)N/N=C/c3cccc(OCCCN(C)CCC(O)([P+](=O)O)P(=O)(O)O)c3)[C@H]3COC(=O)[C@H]23)OCO4)cc(OC)c1OC. The maximum Gasteiger partial charge on any atom is 0.554 e. The van der Waals surface area contributed by atoms with Gasteiger partial charge in [-0.05, 0) is 71.1 Å². The van der Waals surface area contributed by atoms with E-state index in [1.165, 1.54) is 27.5 Å². The lowest BCUT2D eigenvalue weighted by Gasteiger charge is -2.38. The van der Waals surface area contributed by atoms with E-state index in [1.807, 2.05) is 0 Å². The van der Waals surface area contributed by atoms with Crippen molar-refractivity contribution in [3.63, 3.8) is 0 Å². The number of fused-ring (bicyclic) bond motifs is 3. The Morgan fingerprint density at radius 2 is 1.72 bits per heavy atom. The van der Waals surface area contributed by atoms with Gasteiger partial charge in [0.1, 0.15) is 11.9 Å². The molecule has 1 amide bonds. The van der Waals surface area contributed by atoms with Crippen molar-refractivity contribution in [3.8, 4) is 34.5 Å². The van der Waals surface area contributed by atoms with Crippen molar-refractivity contribution in [3.05, 3.63) is 70.8 Å². The van der Waals surface area contributed by atoms with Gasteiger partial charge in [0.15, 0.2) is 23.0 Å². The Balaban J connectivity index is 1.11. The van der Waals surface area contributed by atoms with Crippen LogP contribution in [0.15, 0.2) is 53.6 Å². The molecule has 1 fully saturated rings. The van der Waals surface area contributed by atoms with Crippen LogP contribution in [0.3, 0.4) is 0 Å². The van der Waals surface area contributed by atoms with Crippen LogP contribution in [0.2, 0.25) is 0 Å². The fraction of sp³-hybridized carbons (Fsp3) is 0.432.